The molecule has 2 aromatic rings. The lowest BCUT2D eigenvalue weighted by atomic mass is 10.1. The molecule has 5 nitrogen and oxygen atoms in total. The summed E-state index contributed by atoms with van der Waals surface area (Å²) in [6.07, 6.45) is 3.09. The lowest BCUT2D eigenvalue weighted by Crippen LogP contribution is -2.39. The summed E-state index contributed by atoms with van der Waals surface area (Å²) in [6.45, 7) is 1.94. The van der Waals surface area contributed by atoms with Gasteiger partial charge in [0, 0.05) is 30.0 Å². The van der Waals surface area contributed by atoms with Gasteiger partial charge in [0.25, 0.3) is 0 Å². The third-order valence-electron chi connectivity index (χ3n) is 3.40. The molecule has 1 atom stereocenters. The molecule has 0 saturated carbocycles. The van der Waals surface area contributed by atoms with Crippen LogP contribution in [0.25, 0.3) is 0 Å². The van der Waals surface area contributed by atoms with E-state index in [0.717, 1.165) is 10.0 Å². The van der Waals surface area contributed by atoms with E-state index < -0.39 is 0 Å². The Labute approximate surface area is 131 Å². The highest BCUT2D eigenvalue weighted by Crippen LogP contribution is 2.30. The SMILES string of the molecule is N#Cc1nccnc1N1CCOC(c2ccccc2Br)C1. The Bertz CT molecular complexity index is 685. The van der Waals surface area contributed by atoms with Gasteiger partial charge in [-0.1, -0.05) is 34.1 Å². The maximum absolute atomic E-state index is 9.16. The third kappa shape index (κ3) is 2.89. The van der Waals surface area contributed by atoms with Crippen molar-refractivity contribution in [2.75, 3.05) is 24.6 Å². The van der Waals surface area contributed by atoms with Crippen LogP contribution in [0.2, 0.25) is 0 Å². The second kappa shape index (κ2) is 6.20. The molecule has 0 radical (unpaired) electrons. The molecule has 1 aliphatic rings. The Morgan fingerprint density at radius 3 is 2.90 bits per heavy atom. The lowest BCUT2D eigenvalue weighted by molar-refractivity contribution is 0.0390. The first kappa shape index (κ1) is 14.0. The fraction of sp³-hybridized carbons (Fsp3) is 0.267. The number of hydrogen-bond acceptors (Lipinski definition) is 5. The van der Waals surface area contributed by atoms with Crippen molar-refractivity contribution >= 4 is 21.7 Å². The number of ether oxygens (including phenoxy) is 1. The quantitative estimate of drug-likeness (QED) is 0.838. The van der Waals surface area contributed by atoms with E-state index in [1.54, 1.807) is 6.20 Å². The third-order valence-corrected chi connectivity index (χ3v) is 4.13. The van der Waals surface area contributed by atoms with E-state index in [4.69, 9.17) is 10.00 Å². The first-order chi connectivity index (χ1) is 10.3. The highest BCUT2D eigenvalue weighted by Gasteiger charge is 2.26. The molecule has 0 N–H and O–H groups in total. The molecule has 0 spiro atoms. The van der Waals surface area contributed by atoms with Crippen LogP contribution in [0, 0.1) is 11.3 Å². The largest absolute Gasteiger partial charge is 0.370 e. The average molecular weight is 345 g/mol. The molecule has 6 heteroatoms. The summed E-state index contributed by atoms with van der Waals surface area (Å²) in [7, 11) is 0. The van der Waals surface area contributed by atoms with Gasteiger partial charge in [0.05, 0.1) is 6.61 Å². The second-order valence-electron chi connectivity index (χ2n) is 4.67. The van der Waals surface area contributed by atoms with Gasteiger partial charge in [-0.15, -0.1) is 0 Å². The number of halogens is 1. The molecule has 1 fully saturated rings. The molecule has 21 heavy (non-hydrogen) atoms. The first-order valence-corrected chi connectivity index (χ1v) is 7.41. The number of hydrogen-bond donors (Lipinski definition) is 0. The van der Waals surface area contributed by atoms with Crippen LogP contribution < -0.4 is 4.90 Å². The smallest absolute Gasteiger partial charge is 0.183 e. The zero-order valence-corrected chi connectivity index (χ0v) is 12.8. The zero-order chi connectivity index (χ0) is 14.7. The summed E-state index contributed by atoms with van der Waals surface area (Å²) in [6, 6.07) is 10.1. The van der Waals surface area contributed by atoms with Crippen molar-refractivity contribution in [3.8, 4) is 6.07 Å². The molecule has 1 aromatic carbocycles. The van der Waals surface area contributed by atoms with Crippen LogP contribution in [-0.2, 0) is 4.74 Å². The minimum absolute atomic E-state index is 0.0529. The van der Waals surface area contributed by atoms with Crippen LogP contribution in [0.5, 0.6) is 0 Å². The summed E-state index contributed by atoms with van der Waals surface area (Å²) >= 11 is 3.56. The van der Waals surface area contributed by atoms with Gasteiger partial charge in [-0.2, -0.15) is 5.26 Å². The second-order valence-corrected chi connectivity index (χ2v) is 5.52. The minimum Gasteiger partial charge on any atom is -0.370 e. The number of benzene rings is 1. The van der Waals surface area contributed by atoms with E-state index in [1.807, 2.05) is 24.3 Å². The van der Waals surface area contributed by atoms with Crippen LogP contribution in [0.1, 0.15) is 17.4 Å². The molecule has 1 unspecified atom stereocenters. The lowest BCUT2D eigenvalue weighted by Gasteiger charge is -2.34. The fourth-order valence-electron chi connectivity index (χ4n) is 2.41. The van der Waals surface area contributed by atoms with E-state index in [2.05, 4.69) is 36.9 Å². The molecule has 1 saturated heterocycles. The van der Waals surface area contributed by atoms with Gasteiger partial charge in [0.15, 0.2) is 11.5 Å². The molecule has 106 valence electrons. The molecule has 3 rings (SSSR count). The maximum Gasteiger partial charge on any atom is 0.183 e. The van der Waals surface area contributed by atoms with Gasteiger partial charge >= 0.3 is 0 Å². The number of anilines is 1. The predicted octanol–water partition coefficient (Wildman–Crippen LogP) is 2.69. The van der Waals surface area contributed by atoms with Crippen molar-refractivity contribution in [3.05, 3.63) is 52.4 Å². The topological polar surface area (TPSA) is 62.0 Å². The number of morpholine rings is 1. The van der Waals surface area contributed by atoms with Crippen LogP contribution in [0.4, 0.5) is 5.82 Å². The van der Waals surface area contributed by atoms with Crippen LogP contribution >= 0.6 is 15.9 Å². The van der Waals surface area contributed by atoms with E-state index in [-0.39, 0.29) is 6.10 Å². The Morgan fingerprint density at radius 1 is 1.29 bits per heavy atom. The summed E-state index contributed by atoms with van der Waals surface area (Å²) in [4.78, 5) is 10.4. The summed E-state index contributed by atoms with van der Waals surface area (Å²) in [5, 5.41) is 9.16. The van der Waals surface area contributed by atoms with Crippen LogP contribution in [0.15, 0.2) is 41.1 Å². The van der Waals surface area contributed by atoms with Crippen molar-refractivity contribution in [2.45, 2.75) is 6.10 Å². The van der Waals surface area contributed by atoms with E-state index in [1.165, 1.54) is 6.20 Å². The van der Waals surface area contributed by atoms with E-state index in [9.17, 15) is 0 Å². The molecule has 1 aliphatic heterocycles. The van der Waals surface area contributed by atoms with Gasteiger partial charge in [0.1, 0.15) is 12.2 Å². The summed E-state index contributed by atoms with van der Waals surface area (Å²) < 4.78 is 6.89. The fourth-order valence-corrected chi connectivity index (χ4v) is 2.95. The Balaban J connectivity index is 1.87. The molecule has 2 heterocycles. The van der Waals surface area contributed by atoms with Crippen molar-refractivity contribution in [1.29, 1.82) is 5.26 Å². The summed E-state index contributed by atoms with van der Waals surface area (Å²) in [5.74, 6) is 0.625. The Kier molecular flexibility index (Phi) is 4.13. The van der Waals surface area contributed by atoms with Crippen molar-refractivity contribution in [1.82, 2.24) is 9.97 Å². The van der Waals surface area contributed by atoms with Crippen LogP contribution in [-0.4, -0.2) is 29.7 Å². The summed E-state index contributed by atoms with van der Waals surface area (Å²) in [5.41, 5.74) is 1.45. The zero-order valence-electron chi connectivity index (χ0n) is 11.2. The molecular formula is C15H13BrN4O. The normalized spacial score (nSPS) is 18.3. The minimum atomic E-state index is -0.0529. The molecule has 0 bridgehead atoms. The van der Waals surface area contributed by atoms with Crippen molar-refractivity contribution in [3.63, 3.8) is 0 Å². The Morgan fingerprint density at radius 2 is 2.10 bits per heavy atom. The number of rotatable bonds is 2. The van der Waals surface area contributed by atoms with Crippen molar-refractivity contribution < 1.29 is 4.74 Å². The van der Waals surface area contributed by atoms with Gasteiger partial charge in [0.2, 0.25) is 0 Å². The molecule has 1 aromatic heterocycles. The average Bonchev–Trinajstić information content (AvgIpc) is 2.55. The van der Waals surface area contributed by atoms with E-state index in [0.29, 0.717) is 31.2 Å². The predicted molar refractivity (Wildman–Crippen MR) is 81.8 cm³/mol. The molecule has 0 amide bonds. The Hall–Kier alpha value is -1.97. The highest BCUT2D eigenvalue weighted by atomic mass is 79.9. The van der Waals surface area contributed by atoms with E-state index >= 15 is 0 Å². The first-order valence-electron chi connectivity index (χ1n) is 6.61. The number of nitriles is 1. The number of aromatic nitrogens is 2. The maximum atomic E-state index is 9.16. The van der Waals surface area contributed by atoms with Crippen LogP contribution in [0.3, 0.4) is 0 Å². The van der Waals surface area contributed by atoms with Gasteiger partial charge in [-0.25, -0.2) is 9.97 Å². The number of nitrogens with zero attached hydrogens (tertiary/aromatic N) is 4. The molecule has 0 aliphatic carbocycles. The molecular weight excluding hydrogens is 332 g/mol. The standard InChI is InChI=1S/C15H13BrN4O/c16-12-4-2-1-3-11(12)14-10-20(7-8-21-14)15-13(9-17)18-5-6-19-15/h1-6,14H,7-8,10H2. The van der Waals surface area contributed by atoms with Gasteiger partial charge in [-0.05, 0) is 11.6 Å². The van der Waals surface area contributed by atoms with Crippen molar-refractivity contribution in [2.24, 2.45) is 0 Å². The highest BCUT2D eigenvalue weighted by molar-refractivity contribution is 9.10. The van der Waals surface area contributed by atoms with Gasteiger partial charge in [-0.3, -0.25) is 0 Å². The monoisotopic (exact) mass is 344 g/mol. The van der Waals surface area contributed by atoms with Gasteiger partial charge < -0.3 is 9.64 Å².